The van der Waals surface area contributed by atoms with E-state index in [4.69, 9.17) is 55.8 Å². The van der Waals surface area contributed by atoms with Gasteiger partial charge in [0.05, 0.1) is 26.3 Å². The van der Waals surface area contributed by atoms with Crippen molar-refractivity contribution in [3.8, 4) is 11.3 Å². The molecule has 0 amide bonds. The lowest BCUT2D eigenvalue weighted by molar-refractivity contribution is 0.0517. The predicted molar refractivity (Wildman–Crippen MR) is 111 cm³/mol. The van der Waals surface area contributed by atoms with E-state index in [9.17, 15) is 4.79 Å². The molecular formula is C19H12Cl4N2O3. The molecule has 1 heterocycles. The molecule has 0 radical (unpaired) electrons. The second-order valence-electron chi connectivity index (χ2n) is 5.53. The van der Waals surface area contributed by atoms with Gasteiger partial charge in [0.25, 0.3) is 0 Å². The van der Waals surface area contributed by atoms with Crippen LogP contribution in [0.3, 0.4) is 0 Å². The average Bonchev–Trinajstić information content (AvgIpc) is 3.07. The molecule has 0 aliphatic carbocycles. The van der Waals surface area contributed by atoms with Crippen LogP contribution in [-0.2, 0) is 11.3 Å². The van der Waals surface area contributed by atoms with Crippen LogP contribution in [0.4, 0.5) is 0 Å². The van der Waals surface area contributed by atoms with E-state index in [1.165, 1.54) is 6.21 Å². The van der Waals surface area contributed by atoms with Crippen LogP contribution in [0.2, 0.25) is 20.1 Å². The fraction of sp³-hybridized carbons (Fsp3) is 0.105. The first kappa shape index (κ1) is 20.7. The molecule has 0 spiro atoms. The van der Waals surface area contributed by atoms with Crippen LogP contribution in [0.15, 0.2) is 46.1 Å². The Kier molecular flexibility index (Phi) is 6.62. The minimum atomic E-state index is -0.775. The Labute approximate surface area is 180 Å². The molecule has 0 fully saturated rings. The summed E-state index contributed by atoms with van der Waals surface area (Å²) in [6, 6.07) is 9.93. The first-order valence-corrected chi connectivity index (χ1v) is 9.56. The van der Waals surface area contributed by atoms with Crippen molar-refractivity contribution < 1.29 is 14.2 Å². The summed E-state index contributed by atoms with van der Waals surface area (Å²) in [6.07, 6.45) is 1.66. The summed E-state index contributed by atoms with van der Waals surface area (Å²) in [5.41, 5.74) is 1.08. The van der Waals surface area contributed by atoms with Crippen LogP contribution in [-0.4, -0.2) is 17.3 Å². The predicted octanol–water partition coefficient (Wildman–Crippen LogP) is 6.71. The van der Waals surface area contributed by atoms with Crippen molar-refractivity contribution in [3.05, 3.63) is 73.4 Å². The molecule has 9 heteroatoms. The molecule has 0 aliphatic heterocycles. The van der Waals surface area contributed by atoms with E-state index in [0.29, 0.717) is 43.4 Å². The first-order valence-electron chi connectivity index (χ1n) is 8.05. The number of aromatic nitrogens is 1. The summed E-state index contributed by atoms with van der Waals surface area (Å²) in [5, 5.41) is 9.04. The Morgan fingerprint density at radius 2 is 1.64 bits per heavy atom. The fourth-order valence-corrected chi connectivity index (χ4v) is 3.55. The second-order valence-corrected chi connectivity index (χ2v) is 7.16. The van der Waals surface area contributed by atoms with E-state index in [1.54, 1.807) is 36.4 Å². The Hall–Kier alpha value is -2.05. The van der Waals surface area contributed by atoms with Gasteiger partial charge in [-0.15, -0.1) is 0 Å². The third-order valence-corrected chi connectivity index (χ3v) is 5.09. The van der Waals surface area contributed by atoms with E-state index in [-0.39, 0.29) is 11.3 Å². The van der Waals surface area contributed by atoms with Crippen molar-refractivity contribution in [1.29, 1.82) is 0 Å². The van der Waals surface area contributed by atoms with Crippen LogP contribution in [0.25, 0.3) is 11.3 Å². The molecule has 0 aliphatic rings. The molecular weight excluding hydrogens is 446 g/mol. The van der Waals surface area contributed by atoms with Crippen LogP contribution >= 0.6 is 46.4 Å². The van der Waals surface area contributed by atoms with Gasteiger partial charge < -0.3 is 9.36 Å². The maximum absolute atomic E-state index is 12.7. The van der Waals surface area contributed by atoms with E-state index in [0.717, 1.165) is 0 Å². The molecule has 0 bridgehead atoms. The van der Waals surface area contributed by atoms with Crippen LogP contribution in [0, 0.1) is 0 Å². The number of hydrogen-bond acceptors (Lipinski definition) is 5. The van der Waals surface area contributed by atoms with Gasteiger partial charge in [0.2, 0.25) is 0 Å². The normalized spacial score (nSPS) is 11.2. The highest BCUT2D eigenvalue weighted by Gasteiger charge is 2.27. The average molecular weight is 458 g/mol. The first-order chi connectivity index (χ1) is 13.4. The van der Waals surface area contributed by atoms with Crippen LogP contribution in [0.5, 0.6) is 0 Å². The van der Waals surface area contributed by atoms with Crippen molar-refractivity contribution in [2.45, 2.75) is 13.3 Å². The number of rotatable bonds is 5. The number of hydrogen-bond donors (Lipinski definition) is 0. The summed E-state index contributed by atoms with van der Waals surface area (Å²) in [6.45, 7) is 1.81. The fourth-order valence-electron chi connectivity index (χ4n) is 2.48. The Bertz CT molecular complexity index is 1020. The molecule has 144 valence electrons. The maximum Gasteiger partial charge on any atom is 0.371 e. The molecule has 1 aromatic heterocycles. The van der Waals surface area contributed by atoms with Gasteiger partial charge >= 0.3 is 5.97 Å². The third kappa shape index (κ3) is 4.18. The SMILES string of the molecule is CCc1onc(-c2c(Cl)cccc2Cl)c1C(=O)O/N=C\c1c(Cl)cccc1Cl. The smallest absolute Gasteiger partial charge is 0.360 e. The number of benzene rings is 2. The lowest BCUT2D eigenvalue weighted by Crippen LogP contribution is -2.05. The lowest BCUT2D eigenvalue weighted by atomic mass is 10.1. The van der Waals surface area contributed by atoms with E-state index in [2.05, 4.69) is 10.3 Å². The van der Waals surface area contributed by atoms with Gasteiger partial charge in [-0.05, 0) is 24.3 Å². The molecule has 3 aromatic rings. The second kappa shape index (κ2) is 8.97. The number of halogens is 4. The Morgan fingerprint density at radius 1 is 1.07 bits per heavy atom. The van der Waals surface area contributed by atoms with Gasteiger partial charge in [-0.3, -0.25) is 0 Å². The van der Waals surface area contributed by atoms with Crippen LogP contribution in [0.1, 0.15) is 28.6 Å². The summed E-state index contributed by atoms with van der Waals surface area (Å²) >= 11 is 24.6. The summed E-state index contributed by atoms with van der Waals surface area (Å²) in [4.78, 5) is 17.7. The summed E-state index contributed by atoms with van der Waals surface area (Å²) in [5.74, 6) is -0.453. The third-order valence-electron chi connectivity index (χ3n) is 3.80. The van der Waals surface area contributed by atoms with Crippen molar-refractivity contribution >= 4 is 58.6 Å². The van der Waals surface area contributed by atoms with Gasteiger partial charge in [0.15, 0.2) is 5.76 Å². The maximum atomic E-state index is 12.7. The lowest BCUT2D eigenvalue weighted by Gasteiger charge is -2.05. The largest absolute Gasteiger partial charge is 0.371 e. The summed E-state index contributed by atoms with van der Waals surface area (Å²) < 4.78 is 5.27. The number of carbonyl (C=O) groups is 1. The van der Waals surface area contributed by atoms with E-state index < -0.39 is 5.97 Å². The molecule has 0 N–H and O–H groups in total. The molecule has 2 aromatic carbocycles. The monoisotopic (exact) mass is 456 g/mol. The Morgan fingerprint density at radius 3 is 2.21 bits per heavy atom. The van der Waals surface area contributed by atoms with E-state index >= 15 is 0 Å². The quantitative estimate of drug-likeness (QED) is 0.242. The highest BCUT2D eigenvalue weighted by atomic mass is 35.5. The number of carbonyl (C=O) groups excluding carboxylic acids is 1. The molecule has 3 rings (SSSR count). The molecule has 5 nitrogen and oxygen atoms in total. The van der Waals surface area contributed by atoms with Gasteiger partial charge in [0.1, 0.15) is 11.3 Å². The number of nitrogens with zero attached hydrogens (tertiary/aromatic N) is 2. The highest BCUT2D eigenvalue weighted by Crippen LogP contribution is 2.37. The van der Waals surface area contributed by atoms with Gasteiger partial charge in [-0.2, -0.15) is 0 Å². The zero-order valence-electron chi connectivity index (χ0n) is 14.4. The minimum absolute atomic E-state index is 0.0971. The molecule has 28 heavy (non-hydrogen) atoms. The van der Waals surface area contributed by atoms with Crippen LogP contribution < -0.4 is 0 Å². The van der Waals surface area contributed by atoms with Gasteiger partial charge in [-0.1, -0.05) is 75.8 Å². The zero-order valence-corrected chi connectivity index (χ0v) is 17.4. The van der Waals surface area contributed by atoms with Gasteiger partial charge in [-0.25, -0.2) is 4.79 Å². The summed E-state index contributed by atoms with van der Waals surface area (Å²) in [7, 11) is 0. The highest BCUT2D eigenvalue weighted by molar-refractivity contribution is 6.39. The van der Waals surface area contributed by atoms with Crippen molar-refractivity contribution in [3.63, 3.8) is 0 Å². The molecule has 0 saturated carbocycles. The standard InChI is InChI=1S/C19H12Cl4N2O3/c1-2-15-17(18(25-27-15)16-13(22)7-4-8-14(16)23)19(26)28-24-9-10-11(20)5-3-6-12(10)21/h3-9H,2H2,1H3/b24-9-. The molecule has 0 unspecified atom stereocenters. The Balaban J connectivity index is 1.94. The molecule has 0 saturated heterocycles. The van der Waals surface area contributed by atoms with Crippen molar-refractivity contribution in [2.75, 3.05) is 0 Å². The molecule has 0 atom stereocenters. The minimum Gasteiger partial charge on any atom is -0.360 e. The zero-order chi connectivity index (χ0) is 20.3. The number of oxime groups is 1. The van der Waals surface area contributed by atoms with Crippen molar-refractivity contribution in [1.82, 2.24) is 5.16 Å². The van der Waals surface area contributed by atoms with Gasteiger partial charge in [0, 0.05) is 17.5 Å². The van der Waals surface area contributed by atoms with Crippen molar-refractivity contribution in [2.24, 2.45) is 5.16 Å². The topological polar surface area (TPSA) is 64.7 Å². The number of aryl methyl sites for hydroxylation is 1. The van der Waals surface area contributed by atoms with E-state index in [1.807, 2.05) is 6.92 Å².